The van der Waals surface area contributed by atoms with Crippen LogP contribution in [0.2, 0.25) is 0 Å². The molecule has 0 radical (unpaired) electrons. The Hall–Kier alpha value is -2.43. The Morgan fingerprint density at radius 3 is 2.94 bits per heavy atom. The minimum absolute atomic E-state index is 0.208. The number of hydrogen-bond donors (Lipinski definition) is 3. The fourth-order valence-corrected chi connectivity index (χ4v) is 1.56. The van der Waals surface area contributed by atoms with Crippen LogP contribution in [-0.4, -0.2) is 17.2 Å². The minimum atomic E-state index is 0.208. The number of ether oxygens (including phenoxy) is 1. The van der Waals surface area contributed by atoms with E-state index >= 15 is 0 Å². The van der Waals surface area contributed by atoms with Gasteiger partial charge in [-0.25, -0.2) is 0 Å². The van der Waals surface area contributed by atoms with Crippen LogP contribution >= 0.6 is 0 Å². The minimum Gasteiger partial charge on any atom is -0.508 e. The Morgan fingerprint density at radius 1 is 1.33 bits per heavy atom. The molecule has 0 saturated heterocycles. The molecule has 0 atom stereocenters. The fourth-order valence-electron chi connectivity index (χ4n) is 1.56. The van der Waals surface area contributed by atoms with Crippen LogP contribution in [0.3, 0.4) is 0 Å². The number of nitrogen functional groups attached to an aromatic ring is 1. The van der Waals surface area contributed by atoms with Crippen LogP contribution in [0.1, 0.15) is 5.56 Å². The van der Waals surface area contributed by atoms with Crippen LogP contribution in [0.4, 0.5) is 11.5 Å². The predicted molar refractivity (Wildman–Crippen MR) is 70.6 cm³/mol. The quantitative estimate of drug-likeness (QED) is 0.567. The van der Waals surface area contributed by atoms with E-state index in [0.29, 0.717) is 23.9 Å². The number of nitrogens with zero attached hydrogens (tertiary/aromatic N) is 1. The first kappa shape index (κ1) is 12.0. The Bertz CT molecular complexity index is 544. The first-order chi connectivity index (χ1) is 8.69. The average molecular weight is 245 g/mol. The molecule has 0 aliphatic rings. The smallest absolute Gasteiger partial charge is 0.214 e. The SMILES string of the molecule is COc1cccc(NCc2cc(N)ccc2O)n1. The number of methoxy groups -OCH3 is 1. The zero-order chi connectivity index (χ0) is 13.0. The number of nitrogens with two attached hydrogens (primary N) is 1. The lowest BCUT2D eigenvalue weighted by Gasteiger charge is -2.09. The topological polar surface area (TPSA) is 80.4 Å². The molecule has 5 heteroatoms. The molecule has 0 spiro atoms. The van der Waals surface area contributed by atoms with Gasteiger partial charge in [0, 0.05) is 23.9 Å². The average Bonchev–Trinajstić information content (AvgIpc) is 2.40. The molecule has 0 aliphatic heterocycles. The summed E-state index contributed by atoms with van der Waals surface area (Å²) < 4.78 is 5.03. The molecule has 0 aliphatic carbocycles. The number of hydrogen-bond acceptors (Lipinski definition) is 5. The van der Waals surface area contributed by atoms with Gasteiger partial charge in [0.25, 0.3) is 0 Å². The molecule has 4 N–H and O–H groups in total. The van der Waals surface area contributed by atoms with Crippen LogP contribution in [0.5, 0.6) is 11.6 Å². The summed E-state index contributed by atoms with van der Waals surface area (Å²) in [6.07, 6.45) is 0. The molecule has 0 unspecified atom stereocenters. The van der Waals surface area contributed by atoms with Gasteiger partial charge in [0.2, 0.25) is 5.88 Å². The Balaban J connectivity index is 2.08. The maximum atomic E-state index is 9.67. The van der Waals surface area contributed by atoms with Crippen molar-refractivity contribution in [3.63, 3.8) is 0 Å². The molecule has 2 rings (SSSR count). The normalized spacial score (nSPS) is 10.1. The largest absolute Gasteiger partial charge is 0.508 e. The second-order valence-electron chi connectivity index (χ2n) is 3.81. The second-order valence-corrected chi connectivity index (χ2v) is 3.81. The van der Waals surface area contributed by atoms with E-state index in [2.05, 4.69) is 10.3 Å². The summed E-state index contributed by atoms with van der Waals surface area (Å²) in [5.74, 6) is 1.42. The van der Waals surface area contributed by atoms with Gasteiger partial charge in [-0.05, 0) is 24.3 Å². The fraction of sp³-hybridized carbons (Fsp3) is 0.154. The number of anilines is 2. The molecule has 5 nitrogen and oxygen atoms in total. The molecule has 1 aromatic heterocycles. The summed E-state index contributed by atoms with van der Waals surface area (Å²) in [7, 11) is 1.57. The van der Waals surface area contributed by atoms with Crippen molar-refractivity contribution in [1.29, 1.82) is 0 Å². The zero-order valence-corrected chi connectivity index (χ0v) is 10.1. The van der Waals surface area contributed by atoms with Crippen molar-refractivity contribution in [2.75, 3.05) is 18.2 Å². The van der Waals surface area contributed by atoms with Crippen LogP contribution in [0, 0.1) is 0 Å². The van der Waals surface area contributed by atoms with Crippen molar-refractivity contribution in [3.05, 3.63) is 42.0 Å². The van der Waals surface area contributed by atoms with E-state index in [1.54, 1.807) is 31.4 Å². The van der Waals surface area contributed by atoms with E-state index in [4.69, 9.17) is 10.5 Å². The lowest BCUT2D eigenvalue weighted by Crippen LogP contribution is -2.02. The number of rotatable bonds is 4. The first-order valence-electron chi connectivity index (χ1n) is 5.51. The number of pyridine rings is 1. The number of phenolic OH excluding ortho intramolecular Hbond substituents is 1. The molecule has 2 aromatic rings. The highest BCUT2D eigenvalue weighted by Crippen LogP contribution is 2.21. The van der Waals surface area contributed by atoms with Gasteiger partial charge in [0.1, 0.15) is 11.6 Å². The monoisotopic (exact) mass is 245 g/mol. The molecule has 0 fully saturated rings. The summed E-state index contributed by atoms with van der Waals surface area (Å²) in [6.45, 7) is 0.442. The number of aromatic nitrogens is 1. The maximum absolute atomic E-state index is 9.67. The molecule has 1 aromatic carbocycles. The zero-order valence-electron chi connectivity index (χ0n) is 10.1. The summed E-state index contributed by atoms with van der Waals surface area (Å²) in [4.78, 5) is 4.21. The standard InChI is InChI=1S/C13H15N3O2/c1-18-13-4-2-3-12(16-13)15-8-9-7-10(14)5-6-11(9)17/h2-7,17H,8,14H2,1H3,(H,15,16). The summed E-state index contributed by atoms with van der Waals surface area (Å²) in [5, 5.41) is 12.8. The van der Waals surface area contributed by atoms with Gasteiger partial charge in [-0.3, -0.25) is 0 Å². The van der Waals surface area contributed by atoms with E-state index in [1.165, 1.54) is 0 Å². The molecule has 18 heavy (non-hydrogen) atoms. The predicted octanol–water partition coefficient (Wildman–Crippen LogP) is 1.99. The van der Waals surface area contributed by atoms with Gasteiger partial charge in [-0.15, -0.1) is 0 Å². The van der Waals surface area contributed by atoms with Crippen LogP contribution in [-0.2, 0) is 6.54 Å². The summed E-state index contributed by atoms with van der Waals surface area (Å²) in [5.41, 5.74) is 7.00. The summed E-state index contributed by atoms with van der Waals surface area (Å²) in [6, 6.07) is 10.4. The summed E-state index contributed by atoms with van der Waals surface area (Å²) >= 11 is 0. The van der Waals surface area contributed by atoms with E-state index in [-0.39, 0.29) is 5.75 Å². The number of nitrogens with one attached hydrogen (secondary N) is 1. The van der Waals surface area contributed by atoms with Gasteiger partial charge in [-0.2, -0.15) is 4.98 Å². The highest BCUT2D eigenvalue weighted by atomic mass is 16.5. The number of phenols is 1. The molecular weight excluding hydrogens is 230 g/mol. The van der Waals surface area contributed by atoms with Crippen molar-refractivity contribution in [1.82, 2.24) is 4.98 Å². The first-order valence-corrected chi connectivity index (χ1v) is 5.51. The highest BCUT2D eigenvalue weighted by Gasteiger charge is 2.02. The lowest BCUT2D eigenvalue weighted by molar-refractivity contribution is 0.398. The van der Waals surface area contributed by atoms with Gasteiger partial charge in [0.05, 0.1) is 7.11 Å². The number of aromatic hydroxyl groups is 1. The Labute approximate surface area is 105 Å². The van der Waals surface area contributed by atoms with Crippen molar-refractivity contribution in [2.45, 2.75) is 6.54 Å². The Kier molecular flexibility index (Phi) is 3.52. The number of benzene rings is 1. The maximum Gasteiger partial charge on any atom is 0.214 e. The van der Waals surface area contributed by atoms with Crippen molar-refractivity contribution < 1.29 is 9.84 Å². The molecule has 0 saturated carbocycles. The van der Waals surface area contributed by atoms with E-state index in [1.807, 2.05) is 12.1 Å². The Morgan fingerprint density at radius 2 is 2.17 bits per heavy atom. The molecule has 0 amide bonds. The van der Waals surface area contributed by atoms with E-state index in [0.717, 1.165) is 5.56 Å². The third-order valence-corrected chi connectivity index (χ3v) is 2.50. The van der Waals surface area contributed by atoms with Gasteiger partial charge >= 0.3 is 0 Å². The second kappa shape index (κ2) is 5.27. The molecular formula is C13H15N3O2. The molecule has 94 valence electrons. The van der Waals surface area contributed by atoms with Crippen LogP contribution in [0.25, 0.3) is 0 Å². The van der Waals surface area contributed by atoms with Crippen LogP contribution in [0.15, 0.2) is 36.4 Å². The van der Waals surface area contributed by atoms with Gasteiger partial charge < -0.3 is 20.9 Å². The van der Waals surface area contributed by atoms with Crippen LogP contribution < -0.4 is 15.8 Å². The lowest BCUT2D eigenvalue weighted by atomic mass is 10.2. The third-order valence-electron chi connectivity index (χ3n) is 2.50. The van der Waals surface area contributed by atoms with Gasteiger partial charge in [0.15, 0.2) is 0 Å². The molecule has 0 bridgehead atoms. The van der Waals surface area contributed by atoms with E-state index < -0.39 is 0 Å². The van der Waals surface area contributed by atoms with Crippen molar-refractivity contribution in [2.24, 2.45) is 0 Å². The van der Waals surface area contributed by atoms with Gasteiger partial charge in [-0.1, -0.05) is 6.07 Å². The third kappa shape index (κ3) is 2.82. The van der Waals surface area contributed by atoms with Crippen molar-refractivity contribution in [3.8, 4) is 11.6 Å². The van der Waals surface area contributed by atoms with Crippen molar-refractivity contribution >= 4 is 11.5 Å². The van der Waals surface area contributed by atoms with E-state index in [9.17, 15) is 5.11 Å². The highest BCUT2D eigenvalue weighted by molar-refractivity contribution is 5.49. The molecule has 1 heterocycles.